The first-order chi connectivity index (χ1) is 8.54. The summed E-state index contributed by atoms with van der Waals surface area (Å²) in [4.78, 5) is 10.9. The molecule has 1 fully saturated rings. The third-order valence-electron chi connectivity index (χ3n) is 3.54. The molecule has 5 nitrogen and oxygen atoms in total. The number of rotatable bonds is 6. The maximum Gasteiger partial charge on any atom is 0.305 e. The molecular weight excluding hydrogens is 266 g/mol. The molecule has 2 N–H and O–H groups in total. The van der Waals surface area contributed by atoms with Crippen molar-refractivity contribution in [3.8, 4) is 0 Å². The SMILES string of the molecule is CC(C)(C)CCS(=O)(=O)NC1(CC(=O)O)CCCC1. The monoisotopic (exact) mass is 291 g/mol. The number of carboxylic acids is 1. The van der Waals surface area contributed by atoms with Gasteiger partial charge in [0.25, 0.3) is 0 Å². The Hall–Kier alpha value is -0.620. The van der Waals surface area contributed by atoms with Gasteiger partial charge in [0, 0.05) is 5.54 Å². The minimum Gasteiger partial charge on any atom is -0.481 e. The Bertz CT molecular complexity index is 416. The van der Waals surface area contributed by atoms with Gasteiger partial charge in [-0.3, -0.25) is 4.79 Å². The third-order valence-corrected chi connectivity index (χ3v) is 5.03. The van der Waals surface area contributed by atoms with Gasteiger partial charge in [0.1, 0.15) is 0 Å². The van der Waals surface area contributed by atoms with Crippen LogP contribution in [0.1, 0.15) is 59.3 Å². The van der Waals surface area contributed by atoms with Gasteiger partial charge in [-0.2, -0.15) is 0 Å². The zero-order valence-electron chi connectivity index (χ0n) is 12.0. The van der Waals surface area contributed by atoms with Crippen molar-refractivity contribution in [2.75, 3.05) is 5.75 Å². The molecule has 6 heteroatoms. The van der Waals surface area contributed by atoms with E-state index in [4.69, 9.17) is 5.11 Å². The molecule has 19 heavy (non-hydrogen) atoms. The first-order valence-electron chi connectivity index (χ1n) is 6.77. The van der Waals surface area contributed by atoms with E-state index in [1.807, 2.05) is 20.8 Å². The molecule has 1 aliphatic rings. The molecule has 1 rings (SSSR count). The summed E-state index contributed by atoms with van der Waals surface area (Å²) in [6, 6.07) is 0. The van der Waals surface area contributed by atoms with E-state index in [1.165, 1.54) is 0 Å². The molecular formula is C13H25NO4S. The highest BCUT2D eigenvalue weighted by Crippen LogP contribution is 2.33. The van der Waals surface area contributed by atoms with E-state index in [0.717, 1.165) is 12.8 Å². The fraction of sp³-hybridized carbons (Fsp3) is 0.923. The Kier molecular flexibility index (Phi) is 5.01. The number of hydrogen-bond donors (Lipinski definition) is 2. The Morgan fingerprint density at radius 1 is 1.26 bits per heavy atom. The topological polar surface area (TPSA) is 83.5 Å². The molecule has 0 bridgehead atoms. The van der Waals surface area contributed by atoms with Crippen LogP contribution < -0.4 is 4.72 Å². The molecule has 0 atom stereocenters. The number of hydrogen-bond acceptors (Lipinski definition) is 3. The van der Waals surface area contributed by atoms with E-state index in [2.05, 4.69) is 4.72 Å². The van der Waals surface area contributed by atoms with Gasteiger partial charge in [-0.05, 0) is 24.7 Å². The smallest absolute Gasteiger partial charge is 0.305 e. The molecule has 0 unspecified atom stereocenters. The molecule has 112 valence electrons. The number of nitrogens with one attached hydrogen (secondary N) is 1. The molecule has 0 aromatic heterocycles. The van der Waals surface area contributed by atoms with Gasteiger partial charge in [0.2, 0.25) is 10.0 Å². The van der Waals surface area contributed by atoms with Crippen LogP contribution in [-0.4, -0.2) is 30.8 Å². The molecule has 1 saturated carbocycles. The van der Waals surface area contributed by atoms with Crippen molar-refractivity contribution < 1.29 is 18.3 Å². The van der Waals surface area contributed by atoms with Crippen LogP contribution in [0.3, 0.4) is 0 Å². The van der Waals surface area contributed by atoms with Crippen LogP contribution in [0.15, 0.2) is 0 Å². The Balaban J connectivity index is 2.70. The van der Waals surface area contributed by atoms with Crippen LogP contribution in [-0.2, 0) is 14.8 Å². The molecule has 0 spiro atoms. The highest BCUT2D eigenvalue weighted by Gasteiger charge is 2.39. The molecule has 0 saturated heterocycles. The average molecular weight is 291 g/mol. The molecule has 0 aromatic rings. The van der Waals surface area contributed by atoms with E-state index in [-0.39, 0.29) is 17.6 Å². The molecule has 1 aliphatic carbocycles. The van der Waals surface area contributed by atoms with Crippen molar-refractivity contribution in [1.82, 2.24) is 4.72 Å². The average Bonchev–Trinajstić information content (AvgIpc) is 2.60. The lowest BCUT2D eigenvalue weighted by molar-refractivity contribution is -0.138. The summed E-state index contributed by atoms with van der Waals surface area (Å²) in [6.07, 6.45) is 3.44. The van der Waals surface area contributed by atoms with Crippen molar-refractivity contribution >= 4 is 16.0 Å². The first kappa shape index (κ1) is 16.4. The molecule has 0 aliphatic heterocycles. The largest absolute Gasteiger partial charge is 0.481 e. The van der Waals surface area contributed by atoms with Crippen LogP contribution in [0, 0.1) is 5.41 Å². The quantitative estimate of drug-likeness (QED) is 0.785. The second-order valence-electron chi connectivity index (χ2n) is 6.79. The fourth-order valence-electron chi connectivity index (χ4n) is 2.48. The van der Waals surface area contributed by atoms with E-state index >= 15 is 0 Å². The number of aliphatic carboxylic acids is 1. The van der Waals surface area contributed by atoms with Crippen molar-refractivity contribution in [2.24, 2.45) is 5.41 Å². The predicted octanol–water partition coefficient (Wildman–Crippen LogP) is 2.13. The van der Waals surface area contributed by atoms with Crippen LogP contribution in [0.5, 0.6) is 0 Å². The van der Waals surface area contributed by atoms with Gasteiger partial charge >= 0.3 is 5.97 Å². The third kappa shape index (κ3) is 5.91. The van der Waals surface area contributed by atoms with Crippen molar-refractivity contribution in [1.29, 1.82) is 0 Å². The van der Waals surface area contributed by atoms with Gasteiger partial charge in [-0.15, -0.1) is 0 Å². The lowest BCUT2D eigenvalue weighted by Crippen LogP contribution is -2.48. The highest BCUT2D eigenvalue weighted by molar-refractivity contribution is 7.89. The molecule has 0 heterocycles. The Morgan fingerprint density at radius 3 is 2.21 bits per heavy atom. The van der Waals surface area contributed by atoms with E-state index in [9.17, 15) is 13.2 Å². The minimum atomic E-state index is -3.42. The van der Waals surface area contributed by atoms with Gasteiger partial charge in [0.05, 0.1) is 12.2 Å². The summed E-state index contributed by atoms with van der Waals surface area (Å²) in [5, 5.41) is 8.96. The maximum atomic E-state index is 12.1. The summed E-state index contributed by atoms with van der Waals surface area (Å²) in [5.74, 6) is -0.891. The first-order valence-corrected chi connectivity index (χ1v) is 8.42. The van der Waals surface area contributed by atoms with E-state index in [1.54, 1.807) is 0 Å². The van der Waals surface area contributed by atoms with E-state index < -0.39 is 21.5 Å². The van der Waals surface area contributed by atoms with Crippen LogP contribution in [0.25, 0.3) is 0 Å². The molecule has 0 amide bonds. The summed E-state index contributed by atoms with van der Waals surface area (Å²) in [6.45, 7) is 5.97. The lowest BCUT2D eigenvalue weighted by atomic mass is 9.94. The van der Waals surface area contributed by atoms with Crippen molar-refractivity contribution in [3.05, 3.63) is 0 Å². The van der Waals surface area contributed by atoms with Crippen LogP contribution in [0.2, 0.25) is 0 Å². The second-order valence-corrected chi connectivity index (χ2v) is 8.63. The summed E-state index contributed by atoms with van der Waals surface area (Å²) in [5.41, 5.74) is -0.813. The Morgan fingerprint density at radius 2 is 1.79 bits per heavy atom. The lowest BCUT2D eigenvalue weighted by Gasteiger charge is -2.29. The van der Waals surface area contributed by atoms with Crippen molar-refractivity contribution in [2.45, 2.75) is 64.8 Å². The van der Waals surface area contributed by atoms with Gasteiger partial charge in [-0.1, -0.05) is 33.6 Å². The minimum absolute atomic E-state index is 0.0512. The van der Waals surface area contributed by atoms with Crippen LogP contribution >= 0.6 is 0 Å². The predicted molar refractivity (Wildman–Crippen MR) is 74.4 cm³/mol. The zero-order valence-corrected chi connectivity index (χ0v) is 12.8. The van der Waals surface area contributed by atoms with Gasteiger partial charge < -0.3 is 5.11 Å². The van der Waals surface area contributed by atoms with E-state index in [0.29, 0.717) is 19.3 Å². The normalized spacial score (nSPS) is 19.5. The molecule has 0 aromatic carbocycles. The van der Waals surface area contributed by atoms with Crippen molar-refractivity contribution in [3.63, 3.8) is 0 Å². The summed E-state index contributed by atoms with van der Waals surface area (Å²) < 4.78 is 26.9. The number of carbonyl (C=O) groups is 1. The number of carboxylic acid groups (broad SMARTS) is 1. The van der Waals surface area contributed by atoms with Gasteiger partial charge in [-0.25, -0.2) is 13.1 Å². The highest BCUT2D eigenvalue weighted by atomic mass is 32.2. The number of sulfonamides is 1. The standard InChI is InChI=1S/C13H25NO4S/c1-12(2,3)8-9-19(17,18)14-13(10-11(15)16)6-4-5-7-13/h14H,4-10H2,1-3H3,(H,15,16). The zero-order chi connectivity index (χ0) is 14.7. The summed E-state index contributed by atoms with van der Waals surface area (Å²) >= 11 is 0. The second kappa shape index (κ2) is 5.79. The summed E-state index contributed by atoms with van der Waals surface area (Å²) in [7, 11) is -3.42. The molecule has 0 radical (unpaired) electrons. The van der Waals surface area contributed by atoms with Gasteiger partial charge in [0.15, 0.2) is 0 Å². The maximum absolute atomic E-state index is 12.1. The van der Waals surface area contributed by atoms with Crippen LogP contribution in [0.4, 0.5) is 0 Å². The fourth-order valence-corrected chi connectivity index (χ4v) is 4.40. The Labute approximate surface area is 115 Å².